The van der Waals surface area contributed by atoms with E-state index in [0.29, 0.717) is 12.2 Å². The van der Waals surface area contributed by atoms with Gasteiger partial charge in [-0.25, -0.2) is 13.2 Å². The van der Waals surface area contributed by atoms with E-state index in [1.165, 1.54) is 0 Å². The van der Waals surface area contributed by atoms with E-state index < -0.39 is 21.7 Å². The minimum Gasteiger partial charge on any atom is -0.444 e. The van der Waals surface area contributed by atoms with Crippen LogP contribution in [0.25, 0.3) is 0 Å². The maximum Gasteiger partial charge on any atom is 0.407 e. The van der Waals surface area contributed by atoms with Crippen molar-refractivity contribution in [2.24, 2.45) is 0 Å². The fraction of sp³-hybridized carbons (Fsp3) is 0.316. The summed E-state index contributed by atoms with van der Waals surface area (Å²) >= 11 is 0. The molecule has 1 amide bonds. The smallest absolute Gasteiger partial charge is 0.407 e. The molecule has 0 unspecified atom stereocenters. The van der Waals surface area contributed by atoms with Crippen LogP contribution in [0.4, 0.5) is 10.5 Å². The first-order valence-corrected chi connectivity index (χ1v) is 9.69. The molecule has 0 saturated carbocycles. The van der Waals surface area contributed by atoms with Gasteiger partial charge >= 0.3 is 6.09 Å². The van der Waals surface area contributed by atoms with Crippen molar-refractivity contribution in [3.8, 4) is 0 Å². The molecule has 0 fully saturated rings. The van der Waals surface area contributed by atoms with Gasteiger partial charge in [0.1, 0.15) is 5.60 Å². The molecule has 2 N–H and O–H groups in total. The Hall–Kier alpha value is -2.54. The molecule has 0 spiro atoms. The average Bonchev–Trinajstić information content (AvgIpc) is 2.53. The molecule has 0 bridgehead atoms. The summed E-state index contributed by atoms with van der Waals surface area (Å²) < 4.78 is 32.4. The maximum atomic E-state index is 12.4. The highest BCUT2D eigenvalue weighted by Gasteiger charge is 2.16. The van der Waals surface area contributed by atoms with Gasteiger partial charge in [0.05, 0.1) is 4.90 Å². The monoisotopic (exact) mass is 376 g/mol. The topological polar surface area (TPSA) is 84.5 Å². The molecule has 2 rings (SSSR count). The van der Waals surface area contributed by atoms with E-state index in [0.717, 1.165) is 11.1 Å². The van der Waals surface area contributed by atoms with Crippen LogP contribution in [-0.4, -0.2) is 20.1 Å². The predicted octanol–water partition coefficient (Wildman–Crippen LogP) is 3.82. The van der Waals surface area contributed by atoms with Gasteiger partial charge < -0.3 is 10.1 Å². The largest absolute Gasteiger partial charge is 0.444 e. The summed E-state index contributed by atoms with van der Waals surface area (Å²) in [6.07, 6.45) is -0.498. The zero-order valence-corrected chi connectivity index (χ0v) is 16.2. The summed E-state index contributed by atoms with van der Waals surface area (Å²) in [6.45, 7) is 7.57. The molecule has 0 aliphatic heterocycles. The second-order valence-electron chi connectivity index (χ2n) is 6.97. The first kappa shape index (κ1) is 19.8. The number of ether oxygens (including phenoxy) is 1. The summed E-state index contributed by atoms with van der Waals surface area (Å²) in [5.74, 6) is 0. The molecule has 0 heterocycles. The Kier molecular flexibility index (Phi) is 5.92. The van der Waals surface area contributed by atoms with Crippen LogP contribution in [0.5, 0.6) is 0 Å². The quantitative estimate of drug-likeness (QED) is 0.831. The number of hydrogen-bond donors (Lipinski definition) is 2. The first-order chi connectivity index (χ1) is 12.0. The van der Waals surface area contributed by atoms with E-state index in [4.69, 9.17) is 4.74 Å². The highest BCUT2D eigenvalue weighted by Crippen LogP contribution is 2.17. The van der Waals surface area contributed by atoms with Crippen molar-refractivity contribution in [1.82, 2.24) is 5.32 Å². The molecular weight excluding hydrogens is 352 g/mol. The molecule has 0 radical (unpaired) electrons. The third kappa shape index (κ3) is 6.07. The molecule has 2 aromatic carbocycles. The highest BCUT2D eigenvalue weighted by molar-refractivity contribution is 7.92. The Morgan fingerprint density at radius 3 is 2.12 bits per heavy atom. The third-order valence-corrected chi connectivity index (χ3v) is 4.77. The standard InChI is InChI=1S/C19H24N2O4S/c1-14-5-11-17(12-6-14)26(23,24)21-16-9-7-15(8-10-16)13-20-18(22)25-19(2,3)4/h5-12,21H,13H2,1-4H3,(H,20,22). The lowest BCUT2D eigenvalue weighted by atomic mass is 10.2. The summed E-state index contributed by atoms with van der Waals surface area (Å²) in [7, 11) is -3.63. The van der Waals surface area contributed by atoms with Crippen molar-refractivity contribution >= 4 is 21.8 Å². The van der Waals surface area contributed by atoms with E-state index in [9.17, 15) is 13.2 Å². The van der Waals surface area contributed by atoms with Gasteiger partial charge in [0.2, 0.25) is 0 Å². The molecule has 0 aromatic heterocycles. The zero-order valence-electron chi connectivity index (χ0n) is 15.4. The van der Waals surface area contributed by atoms with Gasteiger partial charge in [-0.3, -0.25) is 4.72 Å². The van der Waals surface area contributed by atoms with Crippen molar-refractivity contribution in [3.05, 3.63) is 59.7 Å². The van der Waals surface area contributed by atoms with Crippen LogP contribution < -0.4 is 10.0 Å². The molecule has 0 aliphatic carbocycles. The number of nitrogens with one attached hydrogen (secondary N) is 2. The van der Waals surface area contributed by atoms with Crippen LogP contribution >= 0.6 is 0 Å². The van der Waals surface area contributed by atoms with Gasteiger partial charge in [0.15, 0.2) is 0 Å². The Balaban J connectivity index is 1.97. The number of rotatable bonds is 5. The van der Waals surface area contributed by atoms with Gasteiger partial charge in [-0.1, -0.05) is 29.8 Å². The van der Waals surface area contributed by atoms with Gasteiger partial charge in [0, 0.05) is 12.2 Å². The predicted molar refractivity (Wildman–Crippen MR) is 102 cm³/mol. The number of alkyl carbamates (subject to hydrolysis) is 1. The van der Waals surface area contributed by atoms with Crippen LogP contribution in [0.3, 0.4) is 0 Å². The number of hydrogen-bond acceptors (Lipinski definition) is 4. The average molecular weight is 376 g/mol. The van der Waals surface area contributed by atoms with Crippen LogP contribution in [0.2, 0.25) is 0 Å². The highest BCUT2D eigenvalue weighted by atomic mass is 32.2. The minimum absolute atomic E-state index is 0.207. The van der Waals surface area contributed by atoms with E-state index >= 15 is 0 Å². The van der Waals surface area contributed by atoms with Crippen molar-refractivity contribution in [2.75, 3.05) is 4.72 Å². The molecule has 140 valence electrons. The maximum absolute atomic E-state index is 12.4. The van der Waals surface area contributed by atoms with Crippen molar-refractivity contribution in [3.63, 3.8) is 0 Å². The second-order valence-corrected chi connectivity index (χ2v) is 8.65. The number of benzene rings is 2. The fourth-order valence-electron chi connectivity index (χ4n) is 2.11. The Morgan fingerprint density at radius 1 is 1.00 bits per heavy atom. The van der Waals surface area contributed by atoms with Gasteiger partial charge in [-0.2, -0.15) is 0 Å². The van der Waals surface area contributed by atoms with Gasteiger partial charge in [-0.05, 0) is 57.5 Å². The summed E-state index contributed by atoms with van der Waals surface area (Å²) in [5.41, 5.74) is 1.72. The van der Waals surface area contributed by atoms with Crippen LogP contribution in [0, 0.1) is 6.92 Å². The van der Waals surface area contributed by atoms with E-state index in [-0.39, 0.29) is 4.90 Å². The summed E-state index contributed by atoms with van der Waals surface area (Å²) in [4.78, 5) is 11.8. The Morgan fingerprint density at radius 2 is 1.58 bits per heavy atom. The van der Waals surface area contributed by atoms with E-state index in [1.54, 1.807) is 69.3 Å². The number of carbonyl (C=O) groups excluding carboxylic acids is 1. The van der Waals surface area contributed by atoms with Crippen molar-refractivity contribution in [1.29, 1.82) is 0 Å². The van der Waals surface area contributed by atoms with Crippen molar-refractivity contribution in [2.45, 2.75) is 44.7 Å². The van der Waals surface area contributed by atoms with Gasteiger partial charge in [0.25, 0.3) is 10.0 Å². The molecule has 26 heavy (non-hydrogen) atoms. The van der Waals surface area contributed by atoms with Crippen molar-refractivity contribution < 1.29 is 17.9 Å². The third-order valence-electron chi connectivity index (χ3n) is 3.37. The molecule has 0 saturated heterocycles. The van der Waals surface area contributed by atoms with Gasteiger partial charge in [-0.15, -0.1) is 0 Å². The molecule has 0 atom stereocenters. The zero-order chi connectivity index (χ0) is 19.4. The van der Waals surface area contributed by atoms with E-state index in [2.05, 4.69) is 10.0 Å². The molecule has 6 nitrogen and oxygen atoms in total. The number of amides is 1. The summed E-state index contributed by atoms with van der Waals surface area (Å²) in [6, 6.07) is 13.4. The van der Waals surface area contributed by atoms with Crippen LogP contribution in [-0.2, 0) is 21.3 Å². The molecule has 0 aliphatic rings. The lowest BCUT2D eigenvalue weighted by Gasteiger charge is -2.19. The van der Waals surface area contributed by atoms with Crippen LogP contribution in [0.15, 0.2) is 53.4 Å². The Bertz CT molecular complexity index is 852. The molecule has 2 aromatic rings. The lowest BCUT2D eigenvalue weighted by molar-refractivity contribution is 0.0523. The number of carbonyl (C=O) groups is 1. The number of aryl methyl sites for hydroxylation is 1. The van der Waals surface area contributed by atoms with E-state index in [1.807, 2.05) is 6.92 Å². The van der Waals surface area contributed by atoms with Crippen LogP contribution in [0.1, 0.15) is 31.9 Å². The fourth-order valence-corrected chi connectivity index (χ4v) is 3.17. The lowest BCUT2D eigenvalue weighted by Crippen LogP contribution is -2.32. The minimum atomic E-state index is -3.63. The molecule has 7 heteroatoms. The Labute approximate surface area is 154 Å². The molecular formula is C19H24N2O4S. The summed E-state index contributed by atoms with van der Waals surface area (Å²) in [5, 5.41) is 2.65. The SMILES string of the molecule is Cc1ccc(S(=O)(=O)Nc2ccc(CNC(=O)OC(C)(C)C)cc2)cc1. The number of anilines is 1. The second kappa shape index (κ2) is 7.78. The first-order valence-electron chi connectivity index (χ1n) is 8.20. The normalized spacial score (nSPS) is 11.7. The number of sulfonamides is 1.